The molecule has 0 amide bonds. The van der Waals surface area contributed by atoms with Gasteiger partial charge in [-0.15, -0.1) is 11.3 Å². The van der Waals surface area contributed by atoms with Gasteiger partial charge in [0.2, 0.25) is 0 Å². The van der Waals surface area contributed by atoms with E-state index in [1.165, 1.54) is 0 Å². The number of imidazole rings is 1. The molecule has 0 saturated heterocycles. The first-order valence-electron chi connectivity index (χ1n) is 4.14. The molecule has 3 heterocycles. The molecule has 0 unspecified atom stereocenters. The van der Waals surface area contributed by atoms with E-state index in [1.807, 2.05) is 23.7 Å². The highest BCUT2D eigenvalue weighted by Crippen LogP contribution is 2.18. The van der Waals surface area contributed by atoms with Gasteiger partial charge in [-0.2, -0.15) is 5.10 Å². The first-order valence-corrected chi connectivity index (χ1v) is 5.02. The van der Waals surface area contributed by atoms with Crippen LogP contribution in [-0.4, -0.2) is 19.6 Å². The molecular formula is C9H6N4S. The van der Waals surface area contributed by atoms with Gasteiger partial charge in [0.1, 0.15) is 10.7 Å². The van der Waals surface area contributed by atoms with Crippen molar-refractivity contribution < 1.29 is 0 Å². The maximum absolute atomic E-state index is 4.38. The third-order valence-electron chi connectivity index (χ3n) is 1.91. The minimum Gasteiger partial charge on any atom is -0.243 e. The van der Waals surface area contributed by atoms with E-state index in [0.717, 1.165) is 16.3 Å². The Morgan fingerprint density at radius 3 is 3.00 bits per heavy atom. The summed E-state index contributed by atoms with van der Waals surface area (Å²) < 4.78 is 1.75. The van der Waals surface area contributed by atoms with E-state index in [0.29, 0.717) is 0 Å². The molecule has 0 aliphatic rings. The van der Waals surface area contributed by atoms with Crippen molar-refractivity contribution in [2.24, 2.45) is 0 Å². The van der Waals surface area contributed by atoms with Crippen LogP contribution in [0.15, 0.2) is 36.1 Å². The lowest BCUT2D eigenvalue weighted by Crippen LogP contribution is -1.92. The number of thiazole rings is 1. The van der Waals surface area contributed by atoms with Gasteiger partial charge in [0.25, 0.3) is 0 Å². The molecule has 3 rings (SSSR count). The summed E-state index contributed by atoms with van der Waals surface area (Å²) in [7, 11) is 0. The maximum atomic E-state index is 4.38. The molecular weight excluding hydrogens is 196 g/mol. The van der Waals surface area contributed by atoms with Crippen LogP contribution in [0.25, 0.3) is 16.3 Å². The van der Waals surface area contributed by atoms with Crippen molar-refractivity contribution in [2.45, 2.75) is 0 Å². The zero-order chi connectivity index (χ0) is 9.38. The second-order valence-electron chi connectivity index (χ2n) is 2.79. The molecule has 3 aromatic rings. The van der Waals surface area contributed by atoms with Crippen molar-refractivity contribution in [3.63, 3.8) is 0 Å². The van der Waals surface area contributed by atoms with Gasteiger partial charge in [-0.3, -0.25) is 0 Å². The van der Waals surface area contributed by atoms with Crippen molar-refractivity contribution in [2.75, 3.05) is 0 Å². The van der Waals surface area contributed by atoms with Gasteiger partial charge in [0, 0.05) is 24.0 Å². The van der Waals surface area contributed by atoms with E-state index in [4.69, 9.17) is 0 Å². The normalized spacial score (nSPS) is 10.9. The molecule has 0 atom stereocenters. The molecule has 0 radical (unpaired) electrons. The Morgan fingerprint density at radius 2 is 2.14 bits per heavy atom. The van der Waals surface area contributed by atoms with E-state index in [2.05, 4.69) is 15.1 Å². The van der Waals surface area contributed by atoms with E-state index < -0.39 is 0 Å². The molecule has 0 aliphatic heterocycles. The van der Waals surface area contributed by atoms with E-state index in [1.54, 1.807) is 28.2 Å². The summed E-state index contributed by atoms with van der Waals surface area (Å²) in [5, 5.41) is 7.25. The van der Waals surface area contributed by atoms with Crippen molar-refractivity contribution in [1.82, 2.24) is 19.6 Å². The van der Waals surface area contributed by atoms with E-state index in [9.17, 15) is 0 Å². The van der Waals surface area contributed by atoms with Crippen LogP contribution in [0, 0.1) is 0 Å². The van der Waals surface area contributed by atoms with Gasteiger partial charge in [-0.1, -0.05) is 0 Å². The predicted octanol–water partition coefficient (Wildman–Crippen LogP) is 1.85. The van der Waals surface area contributed by atoms with Gasteiger partial charge < -0.3 is 0 Å². The summed E-state index contributed by atoms with van der Waals surface area (Å²) in [6, 6.07) is 3.87. The highest BCUT2D eigenvalue weighted by atomic mass is 32.1. The standard InChI is InChI=1S/C9H6N4S/c1-2-8-10-3-5-13(8)12-7(1)9-11-4-6-14-9/h1-6H. The highest BCUT2D eigenvalue weighted by molar-refractivity contribution is 7.13. The average molecular weight is 202 g/mol. The Hall–Kier alpha value is -1.75. The average Bonchev–Trinajstić information content (AvgIpc) is 2.88. The smallest absolute Gasteiger partial charge is 0.153 e. The van der Waals surface area contributed by atoms with Crippen LogP contribution in [0.2, 0.25) is 0 Å². The molecule has 0 aromatic carbocycles. The Morgan fingerprint density at radius 1 is 1.14 bits per heavy atom. The Bertz CT molecular complexity index is 555. The fourth-order valence-corrected chi connectivity index (χ4v) is 1.88. The fourth-order valence-electron chi connectivity index (χ4n) is 1.28. The minimum absolute atomic E-state index is 0.852. The van der Waals surface area contributed by atoms with E-state index >= 15 is 0 Å². The van der Waals surface area contributed by atoms with Crippen LogP contribution in [0.4, 0.5) is 0 Å². The van der Waals surface area contributed by atoms with Crippen LogP contribution in [0.1, 0.15) is 0 Å². The molecule has 0 aliphatic carbocycles. The minimum atomic E-state index is 0.852. The maximum Gasteiger partial charge on any atom is 0.153 e. The van der Waals surface area contributed by atoms with Crippen LogP contribution >= 0.6 is 11.3 Å². The summed E-state index contributed by atoms with van der Waals surface area (Å²) in [6.45, 7) is 0. The van der Waals surface area contributed by atoms with Crippen LogP contribution in [0.5, 0.6) is 0 Å². The van der Waals surface area contributed by atoms with Gasteiger partial charge in [0.15, 0.2) is 5.65 Å². The third-order valence-corrected chi connectivity index (χ3v) is 2.70. The second-order valence-corrected chi connectivity index (χ2v) is 3.68. The quantitative estimate of drug-likeness (QED) is 0.604. The molecule has 0 saturated carbocycles. The lowest BCUT2D eigenvalue weighted by Gasteiger charge is -1.96. The van der Waals surface area contributed by atoms with Crippen LogP contribution in [-0.2, 0) is 0 Å². The van der Waals surface area contributed by atoms with Crippen LogP contribution in [0.3, 0.4) is 0 Å². The number of fused-ring (bicyclic) bond motifs is 1. The fraction of sp³-hybridized carbons (Fsp3) is 0. The molecule has 0 fully saturated rings. The lowest BCUT2D eigenvalue weighted by molar-refractivity contribution is 0.941. The van der Waals surface area contributed by atoms with Gasteiger partial charge in [-0.05, 0) is 12.1 Å². The first kappa shape index (κ1) is 7.64. The third kappa shape index (κ3) is 1.10. The summed E-state index contributed by atoms with van der Waals surface area (Å²) in [6.07, 6.45) is 5.33. The molecule has 14 heavy (non-hydrogen) atoms. The Kier molecular flexibility index (Phi) is 1.57. The lowest BCUT2D eigenvalue weighted by atomic mass is 10.4. The van der Waals surface area contributed by atoms with Crippen molar-refractivity contribution >= 4 is 17.0 Å². The van der Waals surface area contributed by atoms with Crippen molar-refractivity contribution in [3.8, 4) is 10.7 Å². The Balaban J connectivity index is 2.23. The number of aromatic nitrogens is 4. The van der Waals surface area contributed by atoms with Gasteiger partial charge in [-0.25, -0.2) is 14.5 Å². The largest absolute Gasteiger partial charge is 0.243 e. The van der Waals surface area contributed by atoms with Gasteiger partial charge >= 0.3 is 0 Å². The number of hydrogen-bond acceptors (Lipinski definition) is 4. The van der Waals surface area contributed by atoms with Gasteiger partial charge in [0.05, 0.1) is 0 Å². The first-order chi connectivity index (χ1) is 6.93. The topological polar surface area (TPSA) is 43.1 Å². The summed E-state index contributed by atoms with van der Waals surface area (Å²) in [4.78, 5) is 8.32. The Labute approximate surface area is 83.9 Å². The molecule has 3 aromatic heterocycles. The van der Waals surface area contributed by atoms with E-state index in [-0.39, 0.29) is 0 Å². The highest BCUT2D eigenvalue weighted by Gasteiger charge is 2.03. The molecule has 68 valence electrons. The summed E-state index contributed by atoms with van der Waals surface area (Å²) in [5.41, 5.74) is 1.73. The molecule has 0 spiro atoms. The van der Waals surface area contributed by atoms with Crippen molar-refractivity contribution in [1.29, 1.82) is 0 Å². The number of hydrogen-bond donors (Lipinski definition) is 0. The van der Waals surface area contributed by atoms with Crippen molar-refractivity contribution in [3.05, 3.63) is 36.1 Å². The molecule has 4 nitrogen and oxygen atoms in total. The molecule has 0 N–H and O–H groups in total. The molecule has 0 bridgehead atoms. The van der Waals surface area contributed by atoms with Crippen LogP contribution < -0.4 is 0 Å². The zero-order valence-electron chi connectivity index (χ0n) is 7.16. The second kappa shape index (κ2) is 2.88. The SMILES string of the molecule is c1csc(-c2ccc3nccn3n2)n1. The zero-order valence-corrected chi connectivity index (χ0v) is 7.98. The number of rotatable bonds is 1. The number of nitrogens with zero attached hydrogens (tertiary/aromatic N) is 4. The molecule has 5 heteroatoms. The monoisotopic (exact) mass is 202 g/mol. The summed E-state index contributed by atoms with van der Waals surface area (Å²) in [5.74, 6) is 0. The summed E-state index contributed by atoms with van der Waals surface area (Å²) >= 11 is 1.58. The predicted molar refractivity (Wildman–Crippen MR) is 54.1 cm³/mol.